The molecule has 1 saturated carbocycles. The van der Waals surface area contributed by atoms with Crippen LogP contribution in [0.25, 0.3) is 0 Å². The van der Waals surface area contributed by atoms with E-state index in [4.69, 9.17) is 0 Å². The summed E-state index contributed by atoms with van der Waals surface area (Å²) in [5.41, 5.74) is -0.143. The van der Waals surface area contributed by atoms with Gasteiger partial charge < -0.3 is 9.80 Å². The maximum absolute atomic E-state index is 12.3. The summed E-state index contributed by atoms with van der Waals surface area (Å²) in [5, 5.41) is 3.52. The van der Waals surface area contributed by atoms with Crippen molar-refractivity contribution in [2.45, 2.75) is 58.2 Å². The van der Waals surface area contributed by atoms with Gasteiger partial charge in [-0.15, -0.1) is 0 Å². The van der Waals surface area contributed by atoms with E-state index in [9.17, 15) is 4.79 Å². The molecule has 104 valence electrons. The van der Waals surface area contributed by atoms with E-state index >= 15 is 0 Å². The van der Waals surface area contributed by atoms with Crippen LogP contribution in [-0.2, 0) is 4.79 Å². The highest BCUT2D eigenvalue weighted by Gasteiger charge is 2.58. The number of hydrogen-bond acceptors (Lipinski definition) is 3. The molecule has 2 rings (SSSR count). The van der Waals surface area contributed by atoms with Gasteiger partial charge >= 0.3 is 0 Å². The Morgan fingerprint density at radius 3 is 2.50 bits per heavy atom. The monoisotopic (exact) mass is 253 g/mol. The number of amides is 1. The summed E-state index contributed by atoms with van der Waals surface area (Å²) < 4.78 is 0. The molecular weight excluding hydrogens is 226 g/mol. The van der Waals surface area contributed by atoms with Gasteiger partial charge in [-0.05, 0) is 45.3 Å². The average Bonchev–Trinajstić information content (AvgIpc) is 3.12. The standard InChI is InChI=1S/C14H27N3O/c1-4-12-15-14(8-9-14)13(18)17(12)11-7-10-16(5-2)6-3/h12,15H,4-11H2,1-3H3. The molecule has 1 aliphatic heterocycles. The highest BCUT2D eigenvalue weighted by molar-refractivity contribution is 5.91. The van der Waals surface area contributed by atoms with Crippen molar-refractivity contribution < 1.29 is 4.79 Å². The Labute approximate surface area is 111 Å². The van der Waals surface area contributed by atoms with Gasteiger partial charge in [-0.3, -0.25) is 10.1 Å². The van der Waals surface area contributed by atoms with E-state index in [0.29, 0.717) is 5.91 Å². The summed E-state index contributed by atoms with van der Waals surface area (Å²) >= 11 is 0. The Morgan fingerprint density at radius 2 is 2.00 bits per heavy atom. The number of nitrogens with zero attached hydrogens (tertiary/aromatic N) is 2. The predicted octanol–water partition coefficient (Wildman–Crippen LogP) is 1.42. The Bertz CT molecular complexity index is 297. The fraction of sp³-hybridized carbons (Fsp3) is 0.929. The van der Waals surface area contributed by atoms with Gasteiger partial charge in [0.2, 0.25) is 5.91 Å². The third-order valence-electron chi connectivity index (χ3n) is 4.39. The van der Waals surface area contributed by atoms with E-state index in [-0.39, 0.29) is 11.7 Å². The van der Waals surface area contributed by atoms with Crippen molar-refractivity contribution in [1.82, 2.24) is 15.1 Å². The highest BCUT2D eigenvalue weighted by Crippen LogP contribution is 2.42. The molecular formula is C14H27N3O. The molecule has 2 fully saturated rings. The molecule has 1 spiro atoms. The minimum Gasteiger partial charge on any atom is -0.326 e. The Balaban J connectivity index is 1.82. The molecule has 18 heavy (non-hydrogen) atoms. The van der Waals surface area contributed by atoms with Gasteiger partial charge in [0, 0.05) is 6.54 Å². The van der Waals surface area contributed by atoms with Crippen molar-refractivity contribution in [3.05, 3.63) is 0 Å². The molecule has 1 aliphatic carbocycles. The van der Waals surface area contributed by atoms with Crippen LogP contribution in [0.15, 0.2) is 0 Å². The third kappa shape index (κ3) is 2.54. The van der Waals surface area contributed by atoms with E-state index in [1.165, 1.54) is 0 Å². The molecule has 4 nitrogen and oxygen atoms in total. The van der Waals surface area contributed by atoms with Gasteiger partial charge in [0.1, 0.15) is 0 Å². The van der Waals surface area contributed by atoms with E-state index in [1.807, 2.05) is 0 Å². The second-order valence-corrected chi connectivity index (χ2v) is 5.53. The molecule has 1 N–H and O–H groups in total. The van der Waals surface area contributed by atoms with E-state index in [1.54, 1.807) is 0 Å². The summed E-state index contributed by atoms with van der Waals surface area (Å²) in [7, 11) is 0. The maximum Gasteiger partial charge on any atom is 0.244 e. The second-order valence-electron chi connectivity index (χ2n) is 5.53. The molecule has 0 aromatic carbocycles. The lowest BCUT2D eigenvalue weighted by Crippen LogP contribution is -2.38. The SMILES string of the molecule is CCC1NC2(CC2)C(=O)N1CCCN(CC)CC. The number of carbonyl (C=O) groups is 1. The van der Waals surface area contributed by atoms with Crippen LogP contribution in [0.3, 0.4) is 0 Å². The average molecular weight is 253 g/mol. The molecule has 1 saturated heterocycles. The molecule has 1 unspecified atom stereocenters. The molecule has 4 heteroatoms. The first-order valence-corrected chi connectivity index (χ1v) is 7.48. The lowest BCUT2D eigenvalue weighted by Gasteiger charge is -2.25. The van der Waals surface area contributed by atoms with Crippen molar-refractivity contribution in [1.29, 1.82) is 0 Å². The van der Waals surface area contributed by atoms with Gasteiger partial charge in [0.05, 0.1) is 11.7 Å². The van der Waals surface area contributed by atoms with Crippen LogP contribution in [-0.4, -0.2) is 53.6 Å². The summed E-state index contributed by atoms with van der Waals surface area (Å²) in [5.74, 6) is 0.355. The van der Waals surface area contributed by atoms with Gasteiger partial charge in [-0.2, -0.15) is 0 Å². The van der Waals surface area contributed by atoms with Crippen molar-refractivity contribution in [3.8, 4) is 0 Å². The van der Waals surface area contributed by atoms with Crippen LogP contribution in [0.2, 0.25) is 0 Å². The zero-order chi connectivity index (χ0) is 13.2. The smallest absolute Gasteiger partial charge is 0.244 e. The molecule has 0 radical (unpaired) electrons. The lowest BCUT2D eigenvalue weighted by atomic mass is 10.2. The van der Waals surface area contributed by atoms with E-state index in [2.05, 4.69) is 35.9 Å². The Hall–Kier alpha value is -0.610. The van der Waals surface area contributed by atoms with Crippen LogP contribution in [0.4, 0.5) is 0 Å². The lowest BCUT2D eigenvalue weighted by molar-refractivity contribution is -0.130. The topological polar surface area (TPSA) is 35.6 Å². The van der Waals surface area contributed by atoms with Gasteiger partial charge in [0.15, 0.2) is 0 Å². The van der Waals surface area contributed by atoms with Crippen LogP contribution in [0.5, 0.6) is 0 Å². The normalized spacial score (nSPS) is 25.4. The first-order valence-electron chi connectivity index (χ1n) is 7.48. The van der Waals surface area contributed by atoms with Crippen molar-refractivity contribution in [3.63, 3.8) is 0 Å². The quantitative estimate of drug-likeness (QED) is 0.745. The molecule has 0 bridgehead atoms. The Morgan fingerprint density at radius 1 is 1.33 bits per heavy atom. The van der Waals surface area contributed by atoms with Crippen LogP contribution >= 0.6 is 0 Å². The molecule has 1 heterocycles. The van der Waals surface area contributed by atoms with Crippen LogP contribution < -0.4 is 5.32 Å². The molecule has 0 aromatic rings. The molecule has 2 aliphatic rings. The van der Waals surface area contributed by atoms with Gasteiger partial charge in [-0.1, -0.05) is 20.8 Å². The number of rotatable bonds is 7. The third-order valence-corrected chi connectivity index (χ3v) is 4.39. The molecule has 1 amide bonds. The summed E-state index contributed by atoms with van der Waals surface area (Å²) in [6.07, 6.45) is 4.45. The molecule has 0 aromatic heterocycles. The van der Waals surface area contributed by atoms with Gasteiger partial charge in [0.25, 0.3) is 0 Å². The minimum absolute atomic E-state index is 0.143. The van der Waals surface area contributed by atoms with E-state index in [0.717, 1.165) is 51.9 Å². The largest absolute Gasteiger partial charge is 0.326 e. The molecule has 1 atom stereocenters. The van der Waals surface area contributed by atoms with Crippen molar-refractivity contribution in [2.75, 3.05) is 26.2 Å². The predicted molar refractivity (Wildman–Crippen MR) is 73.3 cm³/mol. The zero-order valence-electron chi connectivity index (χ0n) is 12.0. The summed E-state index contributed by atoms with van der Waals surface area (Å²) in [4.78, 5) is 16.8. The van der Waals surface area contributed by atoms with Crippen molar-refractivity contribution >= 4 is 5.91 Å². The fourth-order valence-corrected chi connectivity index (χ4v) is 2.94. The number of nitrogens with one attached hydrogen (secondary N) is 1. The maximum atomic E-state index is 12.3. The van der Waals surface area contributed by atoms with Gasteiger partial charge in [-0.25, -0.2) is 0 Å². The second kappa shape index (κ2) is 5.57. The van der Waals surface area contributed by atoms with E-state index < -0.39 is 0 Å². The summed E-state index contributed by atoms with van der Waals surface area (Å²) in [6, 6.07) is 0. The highest BCUT2D eigenvalue weighted by atomic mass is 16.2. The number of carbonyl (C=O) groups excluding carboxylic acids is 1. The Kier molecular flexibility index (Phi) is 4.28. The van der Waals surface area contributed by atoms with Crippen molar-refractivity contribution in [2.24, 2.45) is 0 Å². The summed E-state index contributed by atoms with van der Waals surface area (Å²) in [6.45, 7) is 10.8. The minimum atomic E-state index is -0.143. The first-order chi connectivity index (χ1) is 8.66. The van der Waals surface area contributed by atoms with Crippen LogP contribution in [0, 0.1) is 0 Å². The fourth-order valence-electron chi connectivity index (χ4n) is 2.94. The number of hydrogen-bond donors (Lipinski definition) is 1. The first kappa shape index (κ1) is 13.8. The zero-order valence-corrected chi connectivity index (χ0v) is 12.0. The van der Waals surface area contributed by atoms with Crippen LogP contribution in [0.1, 0.15) is 46.5 Å².